The molecular weight excluding hydrogens is 283 g/mol. The van der Waals surface area contributed by atoms with Gasteiger partial charge in [-0.25, -0.2) is 0 Å². The molecule has 0 aliphatic carbocycles. The number of carbonyl (C=O) groups excluding carboxylic acids is 1. The zero-order valence-corrected chi connectivity index (χ0v) is 11.5. The summed E-state index contributed by atoms with van der Waals surface area (Å²) in [5.74, 6) is -0.484. The highest BCUT2D eigenvalue weighted by molar-refractivity contribution is 6.33. The Kier molecular flexibility index (Phi) is 4.30. The van der Waals surface area contributed by atoms with Crippen molar-refractivity contribution in [1.82, 2.24) is 0 Å². The maximum absolute atomic E-state index is 11.1. The van der Waals surface area contributed by atoms with Gasteiger partial charge in [0, 0.05) is 17.1 Å². The van der Waals surface area contributed by atoms with E-state index < -0.39 is 5.91 Å². The van der Waals surface area contributed by atoms with Crippen molar-refractivity contribution in [2.24, 2.45) is 5.73 Å². The van der Waals surface area contributed by atoms with Gasteiger partial charge in [0.2, 0.25) is 5.91 Å². The van der Waals surface area contributed by atoms with E-state index in [0.717, 1.165) is 5.56 Å². The summed E-state index contributed by atoms with van der Waals surface area (Å²) in [6.07, 6.45) is 0. The first kappa shape index (κ1) is 13.7. The number of halogens is 2. The summed E-state index contributed by atoms with van der Waals surface area (Å²) in [6, 6.07) is 12.4. The third-order valence-corrected chi connectivity index (χ3v) is 3.19. The van der Waals surface area contributed by atoms with Gasteiger partial charge in [-0.3, -0.25) is 4.79 Å². The Morgan fingerprint density at radius 3 is 2.63 bits per heavy atom. The molecule has 0 saturated heterocycles. The van der Waals surface area contributed by atoms with Gasteiger partial charge in [-0.15, -0.1) is 0 Å². The molecule has 0 aliphatic heterocycles. The van der Waals surface area contributed by atoms with Crippen LogP contribution in [-0.4, -0.2) is 5.91 Å². The highest BCUT2D eigenvalue weighted by Gasteiger charge is 2.05. The fourth-order valence-electron chi connectivity index (χ4n) is 1.66. The number of amides is 1. The predicted molar refractivity (Wildman–Crippen MR) is 78.7 cm³/mol. The molecule has 3 nitrogen and oxygen atoms in total. The number of anilines is 1. The van der Waals surface area contributed by atoms with Crippen LogP contribution in [0.5, 0.6) is 0 Å². The molecule has 19 heavy (non-hydrogen) atoms. The van der Waals surface area contributed by atoms with Crippen molar-refractivity contribution in [2.75, 3.05) is 5.32 Å². The van der Waals surface area contributed by atoms with E-state index in [1.54, 1.807) is 18.2 Å². The number of nitrogens with one attached hydrogen (secondary N) is 1. The summed E-state index contributed by atoms with van der Waals surface area (Å²) in [5, 5.41) is 4.36. The summed E-state index contributed by atoms with van der Waals surface area (Å²) in [6.45, 7) is 0.558. The minimum absolute atomic E-state index is 0.415. The maximum Gasteiger partial charge on any atom is 0.248 e. The third-order valence-electron chi connectivity index (χ3n) is 2.62. The van der Waals surface area contributed by atoms with Crippen molar-refractivity contribution in [3.05, 3.63) is 63.6 Å². The molecule has 0 aliphatic rings. The van der Waals surface area contributed by atoms with Gasteiger partial charge in [-0.2, -0.15) is 0 Å². The first-order valence-electron chi connectivity index (χ1n) is 5.64. The van der Waals surface area contributed by atoms with Crippen LogP contribution in [0, 0.1) is 0 Å². The highest BCUT2D eigenvalue weighted by Crippen LogP contribution is 2.23. The molecule has 0 unspecified atom stereocenters. The molecule has 0 radical (unpaired) electrons. The lowest BCUT2D eigenvalue weighted by molar-refractivity contribution is 0.100. The summed E-state index contributed by atoms with van der Waals surface area (Å²) in [7, 11) is 0. The average molecular weight is 295 g/mol. The van der Waals surface area contributed by atoms with Gasteiger partial charge in [-0.05, 0) is 35.9 Å². The number of rotatable bonds is 4. The Labute approximate surface area is 121 Å². The number of benzene rings is 2. The van der Waals surface area contributed by atoms with Gasteiger partial charge >= 0.3 is 0 Å². The molecule has 0 fully saturated rings. The number of nitrogens with two attached hydrogens (primary N) is 1. The van der Waals surface area contributed by atoms with Crippen LogP contribution in [0.25, 0.3) is 0 Å². The lowest BCUT2D eigenvalue weighted by Gasteiger charge is -2.10. The Hall–Kier alpha value is -1.71. The van der Waals surface area contributed by atoms with E-state index in [4.69, 9.17) is 28.9 Å². The molecule has 0 heterocycles. The van der Waals surface area contributed by atoms with E-state index in [0.29, 0.717) is 27.8 Å². The summed E-state index contributed by atoms with van der Waals surface area (Å²) >= 11 is 12.0. The summed E-state index contributed by atoms with van der Waals surface area (Å²) in [5.41, 5.74) is 7.33. The van der Waals surface area contributed by atoms with Gasteiger partial charge in [-0.1, -0.05) is 35.3 Å². The van der Waals surface area contributed by atoms with Crippen molar-refractivity contribution < 1.29 is 4.79 Å². The standard InChI is InChI=1S/C14H12Cl2N2O/c15-11-3-1-2-9(6-11)8-18-13-7-10(14(17)19)4-5-12(13)16/h1-7,18H,8H2,(H2,17,19). The largest absolute Gasteiger partial charge is 0.380 e. The van der Waals surface area contributed by atoms with Crippen LogP contribution in [0.1, 0.15) is 15.9 Å². The quantitative estimate of drug-likeness (QED) is 0.903. The summed E-state index contributed by atoms with van der Waals surface area (Å²) < 4.78 is 0. The van der Waals surface area contributed by atoms with Crippen LogP contribution in [0.4, 0.5) is 5.69 Å². The van der Waals surface area contributed by atoms with E-state index in [1.807, 2.05) is 24.3 Å². The predicted octanol–water partition coefficient (Wildman–Crippen LogP) is 3.70. The second kappa shape index (κ2) is 5.95. The number of hydrogen-bond acceptors (Lipinski definition) is 2. The van der Waals surface area contributed by atoms with E-state index in [-0.39, 0.29) is 0 Å². The Morgan fingerprint density at radius 2 is 1.95 bits per heavy atom. The van der Waals surface area contributed by atoms with E-state index in [1.165, 1.54) is 0 Å². The van der Waals surface area contributed by atoms with E-state index >= 15 is 0 Å². The molecule has 0 bridgehead atoms. The first-order valence-corrected chi connectivity index (χ1v) is 6.39. The Bertz CT molecular complexity index is 614. The fourth-order valence-corrected chi connectivity index (χ4v) is 2.06. The molecule has 0 aromatic heterocycles. The van der Waals surface area contributed by atoms with Crippen molar-refractivity contribution >= 4 is 34.8 Å². The van der Waals surface area contributed by atoms with Gasteiger partial charge < -0.3 is 11.1 Å². The van der Waals surface area contributed by atoms with Crippen molar-refractivity contribution in [2.45, 2.75) is 6.54 Å². The fraction of sp³-hybridized carbons (Fsp3) is 0.0714. The molecule has 2 aromatic carbocycles. The van der Waals surface area contributed by atoms with Crippen LogP contribution in [0.2, 0.25) is 10.0 Å². The average Bonchev–Trinajstić information content (AvgIpc) is 2.37. The zero-order valence-electron chi connectivity index (χ0n) is 9.99. The SMILES string of the molecule is NC(=O)c1ccc(Cl)c(NCc2cccc(Cl)c2)c1. The monoisotopic (exact) mass is 294 g/mol. The minimum Gasteiger partial charge on any atom is -0.380 e. The Balaban J connectivity index is 2.15. The minimum atomic E-state index is -0.484. The van der Waals surface area contributed by atoms with Crippen LogP contribution >= 0.6 is 23.2 Å². The number of carbonyl (C=O) groups is 1. The van der Waals surface area contributed by atoms with Crippen molar-refractivity contribution in [1.29, 1.82) is 0 Å². The molecule has 5 heteroatoms. The second-order valence-corrected chi connectivity index (χ2v) is 4.89. The molecule has 3 N–H and O–H groups in total. The van der Waals surface area contributed by atoms with E-state index in [2.05, 4.69) is 5.32 Å². The molecule has 0 spiro atoms. The normalized spacial score (nSPS) is 10.2. The van der Waals surface area contributed by atoms with Gasteiger partial charge in [0.25, 0.3) is 0 Å². The van der Waals surface area contributed by atoms with Crippen molar-refractivity contribution in [3.8, 4) is 0 Å². The smallest absolute Gasteiger partial charge is 0.248 e. The van der Waals surface area contributed by atoms with Crippen LogP contribution in [-0.2, 0) is 6.54 Å². The van der Waals surface area contributed by atoms with Crippen molar-refractivity contribution in [3.63, 3.8) is 0 Å². The molecule has 98 valence electrons. The van der Waals surface area contributed by atoms with E-state index in [9.17, 15) is 4.79 Å². The number of hydrogen-bond donors (Lipinski definition) is 2. The van der Waals surface area contributed by atoms with Gasteiger partial charge in [0.05, 0.1) is 10.7 Å². The lowest BCUT2D eigenvalue weighted by Crippen LogP contribution is -2.11. The Morgan fingerprint density at radius 1 is 1.16 bits per heavy atom. The zero-order chi connectivity index (χ0) is 13.8. The maximum atomic E-state index is 11.1. The third kappa shape index (κ3) is 3.63. The number of primary amides is 1. The molecular formula is C14H12Cl2N2O. The molecule has 0 atom stereocenters. The van der Waals surface area contributed by atoms with Crippen LogP contribution in [0.3, 0.4) is 0 Å². The van der Waals surface area contributed by atoms with Gasteiger partial charge in [0.1, 0.15) is 0 Å². The van der Waals surface area contributed by atoms with Crippen LogP contribution < -0.4 is 11.1 Å². The molecule has 2 aromatic rings. The molecule has 2 rings (SSSR count). The second-order valence-electron chi connectivity index (χ2n) is 4.04. The topological polar surface area (TPSA) is 55.1 Å². The molecule has 0 saturated carbocycles. The van der Waals surface area contributed by atoms with Crippen LogP contribution in [0.15, 0.2) is 42.5 Å². The lowest BCUT2D eigenvalue weighted by atomic mass is 10.1. The highest BCUT2D eigenvalue weighted by atomic mass is 35.5. The summed E-state index contributed by atoms with van der Waals surface area (Å²) in [4.78, 5) is 11.1. The first-order chi connectivity index (χ1) is 9.06. The molecule has 1 amide bonds. The van der Waals surface area contributed by atoms with Gasteiger partial charge in [0.15, 0.2) is 0 Å².